The molecular formula is C16H16N2O4S. The van der Waals surface area contributed by atoms with E-state index in [9.17, 15) is 8.42 Å². The van der Waals surface area contributed by atoms with Crippen molar-refractivity contribution in [3.63, 3.8) is 0 Å². The summed E-state index contributed by atoms with van der Waals surface area (Å²) in [5.74, 6) is 1.28. The summed E-state index contributed by atoms with van der Waals surface area (Å²) in [7, 11) is -3.70. The van der Waals surface area contributed by atoms with Crippen LogP contribution in [0.2, 0.25) is 0 Å². The van der Waals surface area contributed by atoms with Gasteiger partial charge in [0.1, 0.15) is 0 Å². The largest absolute Gasteiger partial charge is 0.454 e. The molecule has 23 heavy (non-hydrogen) atoms. The van der Waals surface area contributed by atoms with Gasteiger partial charge in [-0.1, -0.05) is 12.1 Å². The molecule has 3 rings (SSSR count). The van der Waals surface area contributed by atoms with Crippen LogP contribution in [0.15, 0.2) is 46.4 Å². The van der Waals surface area contributed by atoms with Crippen LogP contribution in [-0.2, 0) is 10.0 Å². The third-order valence-electron chi connectivity index (χ3n) is 3.42. The fraction of sp³-hybridized carbons (Fsp3) is 0.188. The molecule has 0 amide bonds. The van der Waals surface area contributed by atoms with Crippen LogP contribution >= 0.6 is 0 Å². The Kier molecular flexibility index (Phi) is 3.96. The lowest BCUT2D eigenvalue weighted by molar-refractivity contribution is 0.174. The quantitative estimate of drug-likeness (QED) is 0.689. The molecule has 0 aliphatic carbocycles. The number of hydrazone groups is 1. The van der Waals surface area contributed by atoms with Gasteiger partial charge in [0.2, 0.25) is 6.79 Å². The van der Waals surface area contributed by atoms with E-state index in [1.54, 1.807) is 37.3 Å². The molecule has 1 N–H and O–H groups in total. The first-order valence-electron chi connectivity index (χ1n) is 6.97. The molecule has 0 radical (unpaired) electrons. The van der Waals surface area contributed by atoms with Crippen molar-refractivity contribution in [3.8, 4) is 11.5 Å². The van der Waals surface area contributed by atoms with Crippen molar-refractivity contribution in [2.24, 2.45) is 5.10 Å². The first-order valence-corrected chi connectivity index (χ1v) is 8.46. The molecule has 0 bridgehead atoms. The minimum atomic E-state index is -3.70. The van der Waals surface area contributed by atoms with Crippen LogP contribution in [0.25, 0.3) is 0 Å². The highest BCUT2D eigenvalue weighted by Crippen LogP contribution is 2.31. The van der Waals surface area contributed by atoms with Crippen molar-refractivity contribution in [1.29, 1.82) is 0 Å². The molecule has 120 valence electrons. The van der Waals surface area contributed by atoms with E-state index < -0.39 is 10.0 Å². The predicted octanol–water partition coefficient (Wildman–Crippen LogP) is 2.34. The number of hydrogen-bond donors (Lipinski definition) is 1. The number of nitrogens with one attached hydrogen (secondary N) is 1. The average molecular weight is 332 g/mol. The summed E-state index contributed by atoms with van der Waals surface area (Å²) >= 11 is 0. The fourth-order valence-electron chi connectivity index (χ4n) is 2.21. The molecule has 0 saturated heterocycles. The summed E-state index contributed by atoms with van der Waals surface area (Å²) in [6, 6.07) is 10.5. The summed E-state index contributed by atoms with van der Waals surface area (Å²) in [4.78, 5) is 2.45. The monoisotopic (exact) mass is 332 g/mol. The number of sulfonamides is 1. The van der Waals surface area contributed by atoms with Crippen molar-refractivity contribution >= 4 is 16.2 Å². The topological polar surface area (TPSA) is 77.0 Å². The maximum Gasteiger partial charge on any atom is 0.276 e. The third kappa shape index (κ3) is 3.29. The maximum absolute atomic E-state index is 12.3. The van der Waals surface area contributed by atoms with Gasteiger partial charge in [0.05, 0.1) is 11.1 Å². The molecule has 0 unspecified atom stereocenters. The molecule has 7 heteroatoms. The summed E-state index contributed by atoms with van der Waals surface area (Å²) in [5, 5.41) is 3.83. The Morgan fingerprint density at radius 3 is 2.70 bits per heavy atom. The number of rotatable bonds is 4. The van der Waals surface area contributed by atoms with E-state index in [0.29, 0.717) is 22.6 Å². The third-order valence-corrected chi connectivity index (χ3v) is 4.78. The minimum absolute atomic E-state index is 0.190. The van der Waals surface area contributed by atoms with Crippen molar-refractivity contribution in [2.75, 3.05) is 6.79 Å². The first-order chi connectivity index (χ1) is 11.0. The number of benzene rings is 2. The zero-order valence-electron chi connectivity index (χ0n) is 12.7. The second-order valence-electron chi connectivity index (χ2n) is 5.23. The molecular weight excluding hydrogens is 316 g/mol. The van der Waals surface area contributed by atoms with Gasteiger partial charge in [0.25, 0.3) is 10.0 Å². The molecule has 0 aromatic heterocycles. The molecule has 1 aliphatic heterocycles. The molecule has 2 aromatic carbocycles. The van der Waals surface area contributed by atoms with Crippen LogP contribution < -0.4 is 14.3 Å². The molecule has 0 atom stereocenters. The van der Waals surface area contributed by atoms with Crippen LogP contribution in [0.5, 0.6) is 11.5 Å². The van der Waals surface area contributed by atoms with Crippen molar-refractivity contribution in [3.05, 3.63) is 53.1 Å². The minimum Gasteiger partial charge on any atom is -0.454 e. The Hall–Kier alpha value is -2.54. The van der Waals surface area contributed by atoms with Gasteiger partial charge >= 0.3 is 0 Å². The standard InChI is InChI=1S/C16H16N2O4S/c1-11-3-4-12(2)16(7-11)23(19,20)18-17-9-13-5-6-14-15(8-13)22-10-21-14/h3-9,18H,10H2,1-2H3. The van der Waals surface area contributed by atoms with Gasteiger partial charge in [0, 0.05) is 0 Å². The Morgan fingerprint density at radius 2 is 1.87 bits per heavy atom. The highest BCUT2D eigenvalue weighted by Gasteiger charge is 2.16. The number of nitrogens with zero attached hydrogens (tertiary/aromatic N) is 1. The van der Waals surface area contributed by atoms with E-state index in [2.05, 4.69) is 9.93 Å². The Labute approximate surface area is 134 Å². The van der Waals surface area contributed by atoms with Gasteiger partial charge in [0.15, 0.2) is 11.5 Å². The van der Waals surface area contributed by atoms with Crippen molar-refractivity contribution < 1.29 is 17.9 Å². The van der Waals surface area contributed by atoms with E-state index in [0.717, 1.165) is 5.56 Å². The highest BCUT2D eigenvalue weighted by molar-refractivity contribution is 7.89. The van der Waals surface area contributed by atoms with Gasteiger partial charge in [-0.15, -0.1) is 0 Å². The van der Waals surface area contributed by atoms with E-state index in [-0.39, 0.29) is 11.7 Å². The predicted molar refractivity (Wildman–Crippen MR) is 86.4 cm³/mol. The van der Waals surface area contributed by atoms with E-state index >= 15 is 0 Å². The lowest BCUT2D eigenvalue weighted by Gasteiger charge is -2.07. The van der Waals surface area contributed by atoms with Crippen molar-refractivity contribution in [1.82, 2.24) is 4.83 Å². The van der Waals surface area contributed by atoms with Crippen LogP contribution in [0.4, 0.5) is 0 Å². The van der Waals surface area contributed by atoms with E-state index in [4.69, 9.17) is 9.47 Å². The fourth-order valence-corrected chi connectivity index (χ4v) is 3.33. The number of aryl methyl sites for hydroxylation is 2. The smallest absolute Gasteiger partial charge is 0.276 e. The summed E-state index contributed by atoms with van der Waals surface area (Å²) < 4.78 is 35.1. The van der Waals surface area contributed by atoms with Crippen LogP contribution in [0.3, 0.4) is 0 Å². The Balaban J connectivity index is 1.78. The lowest BCUT2D eigenvalue weighted by atomic mass is 10.2. The van der Waals surface area contributed by atoms with Crippen molar-refractivity contribution in [2.45, 2.75) is 18.7 Å². The summed E-state index contributed by atoms with van der Waals surface area (Å²) in [6.07, 6.45) is 1.42. The van der Waals surface area contributed by atoms with Gasteiger partial charge in [-0.25, -0.2) is 4.83 Å². The average Bonchev–Trinajstić information content (AvgIpc) is 2.97. The van der Waals surface area contributed by atoms with E-state index in [1.807, 2.05) is 13.0 Å². The molecule has 0 saturated carbocycles. The number of fused-ring (bicyclic) bond motifs is 1. The van der Waals surface area contributed by atoms with Crippen LogP contribution in [0, 0.1) is 13.8 Å². The van der Waals surface area contributed by atoms with Crippen LogP contribution in [0.1, 0.15) is 16.7 Å². The number of hydrogen-bond acceptors (Lipinski definition) is 5. The zero-order chi connectivity index (χ0) is 16.4. The molecule has 0 fully saturated rings. The van der Waals surface area contributed by atoms with Gasteiger partial charge in [-0.2, -0.15) is 13.5 Å². The van der Waals surface area contributed by atoms with Crippen LogP contribution in [-0.4, -0.2) is 21.4 Å². The SMILES string of the molecule is Cc1ccc(C)c(S(=O)(=O)NN=Cc2ccc3c(c2)OCO3)c1. The second-order valence-corrected chi connectivity index (χ2v) is 6.86. The van der Waals surface area contributed by atoms with Gasteiger partial charge in [-0.05, 0) is 54.8 Å². The molecule has 0 spiro atoms. The summed E-state index contributed by atoms with van der Waals surface area (Å²) in [5.41, 5.74) is 2.25. The van der Waals surface area contributed by atoms with Gasteiger partial charge < -0.3 is 9.47 Å². The Bertz CT molecular complexity index is 876. The number of ether oxygens (including phenoxy) is 2. The molecule has 6 nitrogen and oxygen atoms in total. The molecule has 1 aliphatic rings. The molecule has 2 aromatic rings. The normalized spacial score (nSPS) is 13.5. The maximum atomic E-state index is 12.3. The Morgan fingerprint density at radius 1 is 1.09 bits per heavy atom. The second kappa shape index (κ2) is 5.92. The van der Waals surface area contributed by atoms with Gasteiger partial charge in [-0.3, -0.25) is 0 Å². The summed E-state index contributed by atoms with van der Waals surface area (Å²) in [6.45, 7) is 3.78. The molecule has 1 heterocycles. The first kappa shape index (κ1) is 15.4. The lowest BCUT2D eigenvalue weighted by Crippen LogP contribution is -2.19. The van der Waals surface area contributed by atoms with E-state index in [1.165, 1.54) is 6.21 Å². The zero-order valence-corrected chi connectivity index (χ0v) is 13.6. The highest BCUT2D eigenvalue weighted by atomic mass is 32.2.